The van der Waals surface area contributed by atoms with Crippen LogP contribution < -0.4 is 0 Å². The average Bonchev–Trinajstić information content (AvgIpc) is 3.07. The third-order valence-corrected chi connectivity index (χ3v) is 7.46. The highest BCUT2D eigenvalue weighted by Gasteiger charge is 2.19. The Bertz CT molecular complexity index is 1590. The van der Waals surface area contributed by atoms with Gasteiger partial charge in [0.05, 0.1) is 0 Å². The lowest BCUT2D eigenvalue weighted by molar-refractivity contribution is 0.669. The highest BCUT2D eigenvalue weighted by Crippen LogP contribution is 2.41. The maximum Gasteiger partial charge on any atom is 0.136 e. The predicted octanol–water partition coefficient (Wildman–Crippen LogP) is 9.82. The molecule has 0 N–H and O–H groups in total. The van der Waals surface area contributed by atoms with Gasteiger partial charge in [-0.3, -0.25) is 0 Å². The lowest BCUT2D eigenvalue weighted by Crippen LogP contribution is -1.99. The molecule has 1 aromatic heterocycles. The van der Waals surface area contributed by atoms with Gasteiger partial charge in [-0.15, -0.1) is 0 Å². The quantitative estimate of drug-likeness (QED) is 0.270. The second-order valence-corrected chi connectivity index (χ2v) is 9.80. The van der Waals surface area contributed by atoms with Crippen LogP contribution in [0.4, 0.5) is 0 Å². The first-order chi connectivity index (χ1) is 16.7. The number of benzene rings is 3. The maximum absolute atomic E-state index is 6.14. The van der Waals surface area contributed by atoms with Gasteiger partial charge in [0.1, 0.15) is 11.2 Å². The summed E-state index contributed by atoms with van der Waals surface area (Å²) in [4.78, 5) is 0. The first kappa shape index (κ1) is 21.2. The van der Waals surface area contributed by atoms with Crippen LogP contribution in [0, 0.1) is 6.92 Å². The summed E-state index contributed by atoms with van der Waals surface area (Å²) in [5, 5.41) is 2.28. The molecular weight excluding hydrogens is 480 g/mol. The Morgan fingerprint density at radius 3 is 2.65 bits per heavy atom. The van der Waals surface area contributed by atoms with Gasteiger partial charge in [0.2, 0.25) is 0 Å². The second kappa shape index (κ2) is 8.77. The van der Waals surface area contributed by atoms with Gasteiger partial charge < -0.3 is 4.42 Å². The van der Waals surface area contributed by atoms with Gasteiger partial charge in [-0.25, -0.2) is 0 Å². The van der Waals surface area contributed by atoms with Crippen molar-refractivity contribution in [1.82, 2.24) is 0 Å². The minimum Gasteiger partial charge on any atom is -0.456 e. The molecule has 0 saturated heterocycles. The van der Waals surface area contributed by atoms with E-state index >= 15 is 0 Å². The summed E-state index contributed by atoms with van der Waals surface area (Å²) in [6.45, 7) is 2.23. The van der Waals surface area contributed by atoms with Crippen molar-refractivity contribution in [2.75, 3.05) is 0 Å². The molecule has 0 fully saturated rings. The van der Waals surface area contributed by atoms with Crippen molar-refractivity contribution in [3.05, 3.63) is 124 Å². The minimum atomic E-state index is 0.882. The lowest BCUT2D eigenvalue weighted by atomic mass is 9.84. The van der Waals surface area contributed by atoms with Gasteiger partial charge in [-0.1, -0.05) is 88.8 Å². The minimum absolute atomic E-state index is 0.882. The summed E-state index contributed by atoms with van der Waals surface area (Å²) in [5.74, 6) is 0. The zero-order chi connectivity index (χ0) is 23.1. The number of furan rings is 1. The Kier molecular flexibility index (Phi) is 5.47. The zero-order valence-electron chi connectivity index (χ0n) is 19.1. The molecule has 0 aliphatic heterocycles. The van der Waals surface area contributed by atoms with E-state index in [1.54, 1.807) is 0 Å². The van der Waals surface area contributed by atoms with Crippen LogP contribution in [0.2, 0.25) is 0 Å². The fraction of sp³-hybridized carbons (Fsp3) is 0.125. The van der Waals surface area contributed by atoms with Gasteiger partial charge in [0, 0.05) is 15.2 Å². The number of allylic oxidation sites excluding steroid dienone is 10. The number of rotatable bonds is 3. The summed E-state index contributed by atoms with van der Waals surface area (Å²) in [7, 11) is 0. The van der Waals surface area contributed by atoms with Crippen molar-refractivity contribution in [3.8, 4) is 0 Å². The molecule has 1 nitrogen and oxygen atoms in total. The van der Waals surface area contributed by atoms with E-state index in [4.69, 9.17) is 4.42 Å². The first-order valence-electron chi connectivity index (χ1n) is 11.9. The zero-order valence-corrected chi connectivity index (χ0v) is 20.7. The van der Waals surface area contributed by atoms with Crippen molar-refractivity contribution in [1.29, 1.82) is 0 Å². The Balaban J connectivity index is 1.61. The molecule has 2 aliphatic carbocycles. The van der Waals surface area contributed by atoms with Crippen LogP contribution in [0.3, 0.4) is 0 Å². The number of hydrogen-bond donors (Lipinski definition) is 0. The van der Waals surface area contributed by atoms with Crippen LogP contribution in [-0.4, -0.2) is 0 Å². The predicted molar refractivity (Wildman–Crippen MR) is 149 cm³/mol. The molecule has 0 radical (unpaired) electrons. The molecule has 34 heavy (non-hydrogen) atoms. The number of aryl methyl sites for hydroxylation is 1. The molecule has 0 amide bonds. The average molecular weight is 505 g/mol. The lowest BCUT2D eigenvalue weighted by Gasteiger charge is -2.19. The van der Waals surface area contributed by atoms with Crippen LogP contribution >= 0.6 is 15.9 Å². The maximum atomic E-state index is 6.14. The normalized spacial score (nSPS) is 15.9. The van der Waals surface area contributed by atoms with Crippen LogP contribution in [-0.2, 0) is 0 Å². The van der Waals surface area contributed by atoms with E-state index in [2.05, 4.69) is 108 Å². The Morgan fingerprint density at radius 2 is 1.76 bits per heavy atom. The third kappa shape index (κ3) is 3.63. The van der Waals surface area contributed by atoms with E-state index in [1.807, 2.05) is 12.1 Å². The molecule has 0 bridgehead atoms. The molecule has 1 heterocycles. The van der Waals surface area contributed by atoms with Gasteiger partial charge >= 0.3 is 0 Å². The molecule has 0 atom stereocenters. The smallest absolute Gasteiger partial charge is 0.136 e. The molecule has 0 unspecified atom stereocenters. The Morgan fingerprint density at radius 1 is 0.853 bits per heavy atom. The number of halogens is 1. The summed E-state index contributed by atoms with van der Waals surface area (Å²) < 4.78 is 7.20. The SMILES string of the molecule is Cc1cccc(C2=CCCC=C2)c1C1=C(c2ccc3oc4cccc(Br)c4c3c2)CC=CC=C1. The summed E-state index contributed by atoms with van der Waals surface area (Å²) in [6, 6.07) is 19.4. The van der Waals surface area contributed by atoms with Crippen LogP contribution in [0.25, 0.3) is 38.7 Å². The van der Waals surface area contributed by atoms with Gasteiger partial charge in [-0.05, 0) is 89.4 Å². The summed E-state index contributed by atoms with van der Waals surface area (Å²) >= 11 is 3.73. The molecule has 166 valence electrons. The first-order valence-corrected chi connectivity index (χ1v) is 12.6. The molecule has 2 heteroatoms. The van der Waals surface area contributed by atoms with Gasteiger partial charge in [-0.2, -0.15) is 0 Å². The fourth-order valence-electron chi connectivity index (χ4n) is 5.18. The van der Waals surface area contributed by atoms with E-state index in [1.165, 1.54) is 39.0 Å². The van der Waals surface area contributed by atoms with E-state index in [-0.39, 0.29) is 0 Å². The largest absolute Gasteiger partial charge is 0.456 e. The van der Waals surface area contributed by atoms with E-state index in [9.17, 15) is 0 Å². The highest BCUT2D eigenvalue weighted by atomic mass is 79.9. The molecule has 3 aromatic carbocycles. The van der Waals surface area contributed by atoms with Crippen molar-refractivity contribution in [3.63, 3.8) is 0 Å². The van der Waals surface area contributed by atoms with Crippen LogP contribution in [0.5, 0.6) is 0 Å². The Hall–Kier alpha value is -3.36. The van der Waals surface area contributed by atoms with Gasteiger partial charge in [0.15, 0.2) is 0 Å². The standard InChI is InChI=1S/C32H25BrO/c1-21-10-8-15-25(22-11-4-2-5-12-22)31(21)26-14-7-3-6-13-24(26)23-18-19-29-27(20-23)32-28(33)16-9-17-30(32)34-29/h3-4,6-12,14-20H,2,5,13H2,1H3. The summed E-state index contributed by atoms with van der Waals surface area (Å²) in [6.07, 6.45) is 18.9. The number of hydrogen-bond acceptors (Lipinski definition) is 1. The van der Waals surface area contributed by atoms with E-state index < -0.39 is 0 Å². The topological polar surface area (TPSA) is 13.1 Å². The second-order valence-electron chi connectivity index (χ2n) is 8.95. The van der Waals surface area contributed by atoms with E-state index in [0.29, 0.717) is 0 Å². The van der Waals surface area contributed by atoms with Crippen LogP contribution in [0.15, 0.2) is 106 Å². The molecule has 2 aliphatic rings. The Labute approximate surface area is 208 Å². The molecule has 4 aromatic rings. The molecule has 6 rings (SSSR count). The molecule has 0 spiro atoms. The highest BCUT2D eigenvalue weighted by molar-refractivity contribution is 9.10. The van der Waals surface area contributed by atoms with Gasteiger partial charge in [0.25, 0.3) is 0 Å². The van der Waals surface area contributed by atoms with Crippen LogP contribution in [0.1, 0.15) is 41.5 Å². The molecule has 0 saturated carbocycles. The van der Waals surface area contributed by atoms with E-state index in [0.717, 1.165) is 45.7 Å². The third-order valence-electron chi connectivity index (χ3n) is 6.80. The molecular formula is C32H25BrO. The fourth-order valence-corrected chi connectivity index (χ4v) is 5.75. The monoisotopic (exact) mass is 504 g/mol. The summed E-state index contributed by atoms with van der Waals surface area (Å²) in [5.41, 5.74) is 11.0. The van der Waals surface area contributed by atoms with Crippen molar-refractivity contribution < 1.29 is 4.42 Å². The van der Waals surface area contributed by atoms with Crippen molar-refractivity contribution in [2.45, 2.75) is 26.2 Å². The van der Waals surface area contributed by atoms with Crippen molar-refractivity contribution in [2.24, 2.45) is 0 Å². The van der Waals surface area contributed by atoms with Crippen molar-refractivity contribution >= 4 is 54.6 Å². The number of fused-ring (bicyclic) bond motifs is 3.